The smallest absolute Gasteiger partial charge is 0.232 e. The largest absolute Gasteiger partial charge is 0.465 e. The van der Waals surface area contributed by atoms with Crippen molar-refractivity contribution in [3.8, 4) is 17.3 Å². The van der Waals surface area contributed by atoms with Crippen LogP contribution in [-0.4, -0.2) is 35.0 Å². The molecule has 3 heterocycles. The maximum atomic E-state index is 6.02. The Morgan fingerprint density at radius 1 is 1.19 bits per heavy atom. The molecule has 0 saturated heterocycles. The topological polar surface area (TPSA) is 93.9 Å². The van der Waals surface area contributed by atoms with Crippen molar-refractivity contribution >= 4 is 5.65 Å². The standard InChI is InChI=1S/C19H21N7O/c1-3-4-8-15-11-16(27-13(2)17-20-12-21-22-17)25-26-18(23-24-19(15)26)14-9-6-5-7-10-14/h5-7,9-13H,3-4,8H2,1-2H3,(H,20,21,22). The van der Waals surface area contributed by atoms with E-state index in [-0.39, 0.29) is 6.10 Å². The number of nitrogens with zero attached hydrogens (tertiary/aromatic N) is 6. The van der Waals surface area contributed by atoms with Crippen LogP contribution in [0.25, 0.3) is 17.0 Å². The van der Waals surface area contributed by atoms with Crippen LogP contribution in [0.5, 0.6) is 5.88 Å². The number of ether oxygens (including phenoxy) is 1. The van der Waals surface area contributed by atoms with Gasteiger partial charge in [0.1, 0.15) is 6.33 Å². The van der Waals surface area contributed by atoms with Crippen molar-refractivity contribution in [1.82, 2.24) is 35.0 Å². The molecule has 0 aliphatic rings. The average Bonchev–Trinajstić information content (AvgIpc) is 3.37. The molecule has 0 bridgehead atoms. The summed E-state index contributed by atoms with van der Waals surface area (Å²) in [4.78, 5) is 4.15. The van der Waals surface area contributed by atoms with E-state index < -0.39 is 0 Å². The zero-order valence-electron chi connectivity index (χ0n) is 15.3. The molecule has 0 aliphatic carbocycles. The van der Waals surface area contributed by atoms with E-state index in [4.69, 9.17) is 4.74 Å². The Morgan fingerprint density at radius 3 is 2.78 bits per heavy atom. The molecule has 0 radical (unpaired) electrons. The van der Waals surface area contributed by atoms with Gasteiger partial charge in [0.05, 0.1) is 0 Å². The normalized spacial score (nSPS) is 12.4. The van der Waals surface area contributed by atoms with Gasteiger partial charge in [-0.1, -0.05) is 43.7 Å². The molecule has 4 rings (SSSR count). The molecular weight excluding hydrogens is 342 g/mol. The lowest BCUT2D eigenvalue weighted by molar-refractivity contribution is 0.204. The van der Waals surface area contributed by atoms with Gasteiger partial charge in [0.2, 0.25) is 5.88 Å². The summed E-state index contributed by atoms with van der Waals surface area (Å²) in [6.45, 7) is 4.06. The van der Waals surface area contributed by atoms with Gasteiger partial charge < -0.3 is 4.74 Å². The van der Waals surface area contributed by atoms with E-state index in [0.29, 0.717) is 17.5 Å². The van der Waals surface area contributed by atoms with Gasteiger partial charge >= 0.3 is 0 Å². The van der Waals surface area contributed by atoms with Crippen molar-refractivity contribution in [2.24, 2.45) is 0 Å². The SMILES string of the molecule is CCCCc1cc(OC(C)c2nc[nH]n2)nn2c(-c3ccccc3)nnc12. The number of nitrogens with one attached hydrogen (secondary N) is 1. The first-order valence-corrected chi connectivity index (χ1v) is 9.09. The summed E-state index contributed by atoms with van der Waals surface area (Å²) in [5.41, 5.74) is 2.79. The Kier molecular flexibility index (Phi) is 4.78. The van der Waals surface area contributed by atoms with E-state index in [9.17, 15) is 0 Å². The number of rotatable bonds is 7. The number of aryl methyl sites for hydroxylation is 1. The Morgan fingerprint density at radius 2 is 2.04 bits per heavy atom. The molecule has 8 nitrogen and oxygen atoms in total. The van der Waals surface area contributed by atoms with Crippen LogP contribution in [0.3, 0.4) is 0 Å². The molecule has 138 valence electrons. The molecule has 3 aromatic heterocycles. The van der Waals surface area contributed by atoms with Gasteiger partial charge in [-0.05, 0) is 19.8 Å². The predicted octanol–water partition coefficient (Wildman–Crippen LogP) is 3.39. The first-order chi connectivity index (χ1) is 13.3. The average molecular weight is 363 g/mol. The van der Waals surface area contributed by atoms with Crippen LogP contribution < -0.4 is 4.74 Å². The monoisotopic (exact) mass is 363 g/mol. The number of unbranched alkanes of at least 4 members (excludes halogenated alkanes) is 1. The second kappa shape index (κ2) is 7.53. The molecule has 0 spiro atoms. The molecule has 0 amide bonds. The van der Waals surface area contributed by atoms with Crippen molar-refractivity contribution in [1.29, 1.82) is 0 Å². The van der Waals surface area contributed by atoms with E-state index in [2.05, 4.69) is 37.4 Å². The summed E-state index contributed by atoms with van der Waals surface area (Å²) >= 11 is 0. The molecule has 1 N–H and O–H groups in total. The molecular formula is C19H21N7O. The third-order valence-electron chi connectivity index (χ3n) is 4.35. The van der Waals surface area contributed by atoms with Gasteiger partial charge in [0, 0.05) is 17.2 Å². The lowest BCUT2D eigenvalue weighted by Crippen LogP contribution is -2.09. The minimum atomic E-state index is -0.322. The lowest BCUT2D eigenvalue weighted by Gasteiger charge is -2.12. The third kappa shape index (κ3) is 3.51. The van der Waals surface area contributed by atoms with Crippen LogP contribution in [0.4, 0.5) is 0 Å². The Balaban J connectivity index is 1.77. The first-order valence-electron chi connectivity index (χ1n) is 9.09. The highest BCUT2D eigenvalue weighted by Crippen LogP contribution is 2.25. The number of benzene rings is 1. The zero-order valence-corrected chi connectivity index (χ0v) is 15.3. The maximum Gasteiger partial charge on any atom is 0.232 e. The van der Waals surface area contributed by atoms with Crippen LogP contribution in [0, 0.1) is 0 Å². The van der Waals surface area contributed by atoms with Crippen LogP contribution >= 0.6 is 0 Å². The molecule has 4 aromatic rings. The van der Waals surface area contributed by atoms with Gasteiger partial charge in [-0.25, -0.2) is 4.98 Å². The first kappa shape index (κ1) is 17.1. The molecule has 0 aliphatic heterocycles. The number of hydrogen-bond donors (Lipinski definition) is 1. The summed E-state index contributed by atoms with van der Waals surface area (Å²) in [6.07, 6.45) is 4.25. The zero-order chi connectivity index (χ0) is 18.6. The van der Waals surface area contributed by atoms with Gasteiger partial charge in [0.25, 0.3) is 0 Å². The van der Waals surface area contributed by atoms with Gasteiger partial charge in [0.15, 0.2) is 23.4 Å². The Labute approximate surface area is 156 Å². The molecule has 1 aromatic carbocycles. The number of aromatic nitrogens is 7. The van der Waals surface area contributed by atoms with E-state index >= 15 is 0 Å². The van der Waals surface area contributed by atoms with Crippen LogP contribution in [0.2, 0.25) is 0 Å². The Bertz CT molecular complexity index is 1010. The van der Waals surface area contributed by atoms with Crippen molar-refractivity contribution in [2.75, 3.05) is 0 Å². The van der Waals surface area contributed by atoms with Crippen molar-refractivity contribution < 1.29 is 4.74 Å². The quantitative estimate of drug-likeness (QED) is 0.541. The van der Waals surface area contributed by atoms with Gasteiger partial charge in [-0.3, -0.25) is 5.10 Å². The second-order valence-electron chi connectivity index (χ2n) is 6.35. The molecule has 27 heavy (non-hydrogen) atoms. The van der Waals surface area contributed by atoms with Crippen LogP contribution in [0.15, 0.2) is 42.7 Å². The number of H-pyrrole nitrogens is 1. The summed E-state index contributed by atoms with van der Waals surface area (Å²) < 4.78 is 7.78. The van der Waals surface area contributed by atoms with Crippen LogP contribution in [-0.2, 0) is 6.42 Å². The Hall–Kier alpha value is -3.29. The summed E-state index contributed by atoms with van der Waals surface area (Å²) in [6, 6.07) is 11.8. The molecule has 1 unspecified atom stereocenters. The van der Waals surface area contributed by atoms with E-state index in [1.54, 1.807) is 4.52 Å². The van der Waals surface area contributed by atoms with E-state index in [0.717, 1.165) is 36.0 Å². The number of fused-ring (bicyclic) bond motifs is 1. The molecule has 0 fully saturated rings. The van der Waals surface area contributed by atoms with Crippen LogP contribution in [0.1, 0.15) is 44.2 Å². The molecule has 8 heteroatoms. The summed E-state index contributed by atoms with van der Waals surface area (Å²) in [5.74, 6) is 1.78. The molecule has 0 saturated carbocycles. The predicted molar refractivity (Wildman–Crippen MR) is 100 cm³/mol. The van der Waals surface area contributed by atoms with Gasteiger partial charge in [-0.15, -0.1) is 15.3 Å². The fourth-order valence-corrected chi connectivity index (χ4v) is 2.94. The summed E-state index contributed by atoms with van der Waals surface area (Å²) in [7, 11) is 0. The maximum absolute atomic E-state index is 6.02. The fourth-order valence-electron chi connectivity index (χ4n) is 2.94. The van der Waals surface area contributed by atoms with Crippen molar-refractivity contribution in [3.05, 3.63) is 54.1 Å². The highest BCUT2D eigenvalue weighted by Gasteiger charge is 2.17. The highest BCUT2D eigenvalue weighted by molar-refractivity contribution is 5.60. The van der Waals surface area contributed by atoms with Crippen molar-refractivity contribution in [2.45, 2.75) is 39.2 Å². The van der Waals surface area contributed by atoms with Gasteiger partial charge in [-0.2, -0.15) is 9.61 Å². The highest BCUT2D eigenvalue weighted by atomic mass is 16.5. The molecule has 1 atom stereocenters. The van der Waals surface area contributed by atoms with E-state index in [1.165, 1.54) is 6.33 Å². The number of aromatic amines is 1. The third-order valence-corrected chi connectivity index (χ3v) is 4.35. The fraction of sp³-hybridized carbons (Fsp3) is 0.316. The van der Waals surface area contributed by atoms with E-state index in [1.807, 2.05) is 43.3 Å². The second-order valence-corrected chi connectivity index (χ2v) is 6.35. The minimum Gasteiger partial charge on any atom is -0.465 e. The lowest BCUT2D eigenvalue weighted by atomic mass is 10.1. The summed E-state index contributed by atoms with van der Waals surface area (Å²) in [5, 5.41) is 20.2. The number of hydrogen-bond acceptors (Lipinski definition) is 6. The minimum absolute atomic E-state index is 0.322. The van der Waals surface area contributed by atoms with Crippen molar-refractivity contribution in [3.63, 3.8) is 0 Å².